The number of ether oxygens (including phenoxy) is 1. The van der Waals surface area contributed by atoms with Gasteiger partial charge in [-0.15, -0.1) is 0 Å². The Morgan fingerprint density at radius 3 is 1.96 bits per heavy atom. The Morgan fingerprint density at radius 1 is 0.929 bits per heavy atom. The van der Waals surface area contributed by atoms with Crippen molar-refractivity contribution in [3.63, 3.8) is 0 Å². The lowest BCUT2D eigenvalue weighted by atomic mass is 9.80. The summed E-state index contributed by atoms with van der Waals surface area (Å²) in [6.45, 7) is 3.66. The standard InChI is InChI=1S/C23H22ClNO3/c1-16(2)25-22(26)28-21-19(14-9-15-20(21)24)23(27,17-10-5-3-6-11-17)18-12-7-4-8-13-18/h3-16,27H,1-2H3,(H,25,26). The summed E-state index contributed by atoms with van der Waals surface area (Å²) < 4.78 is 5.53. The van der Waals surface area contributed by atoms with Gasteiger partial charge in [0.1, 0.15) is 5.60 Å². The number of amides is 1. The second-order valence-electron chi connectivity index (χ2n) is 6.75. The van der Waals surface area contributed by atoms with E-state index >= 15 is 0 Å². The average Bonchev–Trinajstić information content (AvgIpc) is 2.69. The van der Waals surface area contributed by atoms with Crippen LogP contribution < -0.4 is 10.1 Å². The maximum atomic E-state index is 12.3. The molecule has 144 valence electrons. The molecule has 0 radical (unpaired) electrons. The second kappa shape index (κ2) is 8.46. The molecule has 1 amide bonds. The zero-order valence-electron chi connectivity index (χ0n) is 15.7. The van der Waals surface area contributed by atoms with Gasteiger partial charge in [0, 0.05) is 11.6 Å². The summed E-state index contributed by atoms with van der Waals surface area (Å²) in [7, 11) is 0. The topological polar surface area (TPSA) is 58.6 Å². The number of aliphatic hydroxyl groups is 1. The molecule has 28 heavy (non-hydrogen) atoms. The molecule has 0 aliphatic rings. The van der Waals surface area contributed by atoms with E-state index in [4.69, 9.17) is 16.3 Å². The molecule has 0 bridgehead atoms. The largest absolute Gasteiger partial charge is 0.412 e. The third kappa shape index (κ3) is 4.03. The van der Waals surface area contributed by atoms with Crippen LogP contribution >= 0.6 is 11.6 Å². The molecule has 0 atom stereocenters. The Bertz CT molecular complexity index is 903. The minimum Gasteiger partial charge on any atom is -0.408 e. The fraction of sp³-hybridized carbons (Fsp3) is 0.174. The summed E-state index contributed by atoms with van der Waals surface area (Å²) in [6, 6.07) is 23.4. The van der Waals surface area contributed by atoms with Crippen LogP contribution in [-0.4, -0.2) is 17.2 Å². The predicted molar refractivity (Wildman–Crippen MR) is 111 cm³/mol. The molecule has 0 aliphatic carbocycles. The van der Waals surface area contributed by atoms with Gasteiger partial charge in [0.15, 0.2) is 5.75 Å². The van der Waals surface area contributed by atoms with Crippen molar-refractivity contribution in [1.29, 1.82) is 0 Å². The molecule has 0 fully saturated rings. The molecule has 0 spiro atoms. The molecule has 2 N–H and O–H groups in total. The van der Waals surface area contributed by atoms with Gasteiger partial charge in [-0.25, -0.2) is 4.79 Å². The van der Waals surface area contributed by atoms with Gasteiger partial charge in [-0.05, 0) is 31.0 Å². The Labute approximate surface area is 169 Å². The van der Waals surface area contributed by atoms with E-state index in [0.29, 0.717) is 16.7 Å². The molecule has 4 nitrogen and oxygen atoms in total. The minimum atomic E-state index is -1.55. The Hall–Kier alpha value is -2.82. The fourth-order valence-electron chi connectivity index (χ4n) is 3.09. The first-order valence-corrected chi connectivity index (χ1v) is 9.41. The molecule has 0 heterocycles. The molecule has 0 aromatic heterocycles. The zero-order chi connectivity index (χ0) is 20.1. The van der Waals surface area contributed by atoms with Crippen LogP contribution in [0.25, 0.3) is 0 Å². The van der Waals surface area contributed by atoms with E-state index in [1.54, 1.807) is 18.2 Å². The van der Waals surface area contributed by atoms with Crippen LogP contribution in [0.5, 0.6) is 5.75 Å². The van der Waals surface area contributed by atoms with E-state index in [0.717, 1.165) is 0 Å². The fourth-order valence-corrected chi connectivity index (χ4v) is 3.30. The number of benzene rings is 3. The van der Waals surface area contributed by atoms with Crippen LogP contribution in [0.15, 0.2) is 78.9 Å². The number of hydrogen-bond donors (Lipinski definition) is 2. The van der Waals surface area contributed by atoms with E-state index in [1.165, 1.54) is 0 Å². The lowest BCUT2D eigenvalue weighted by Gasteiger charge is -2.31. The number of halogens is 1. The van der Waals surface area contributed by atoms with Gasteiger partial charge in [0.05, 0.1) is 5.02 Å². The first-order valence-electron chi connectivity index (χ1n) is 9.03. The molecule has 0 saturated carbocycles. The first-order chi connectivity index (χ1) is 13.4. The van der Waals surface area contributed by atoms with Crippen molar-refractivity contribution in [2.75, 3.05) is 0 Å². The van der Waals surface area contributed by atoms with E-state index in [9.17, 15) is 9.90 Å². The van der Waals surface area contributed by atoms with Crippen LogP contribution in [0.1, 0.15) is 30.5 Å². The van der Waals surface area contributed by atoms with Crippen LogP contribution in [0, 0.1) is 0 Å². The molecule has 0 unspecified atom stereocenters. The lowest BCUT2D eigenvalue weighted by molar-refractivity contribution is 0.121. The van der Waals surface area contributed by atoms with Crippen molar-refractivity contribution in [1.82, 2.24) is 5.32 Å². The van der Waals surface area contributed by atoms with Crippen molar-refractivity contribution in [3.8, 4) is 5.75 Å². The minimum absolute atomic E-state index is 0.0967. The molecule has 0 saturated heterocycles. The highest BCUT2D eigenvalue weighted by Crippen LogP contribution is 2.43. The summed E-state index contributed by atoms with van der Waals surface area (Å²) in [4.78, 5) is 12.3. The summed E-state index contributed by atoms with van der Waals surface area (Å²) in [5.41, 5.74) is 0.104. The summed E-state index contributed by atoms with van der Waals surface area (Å²) in [5.74, 6) is 0.123. The van der Waals surface area contributed by atoms with E-state index < -0.39 is 11.7 Å². The number of carbonyl (C=O) groups excluding carboxylic acids is 1. The van der Waals surface area contributed by atoms with E-state index in [1.807, 2.05) is 74.5 Å². The summed E-state index contributed by atoms with van der Waals surface area (Å²) in [5, 5.41) is 14.9. The van der Waals surface area contributed by atoms with Crippen molar-refractivity contribution in [3.05, 3.63) is 101 Å². The van der Waals surface area contributed by atoms with Gasteiger partial charge < -0.3 is 15.2 Å². The third-order valence-corrected chi connectivity index (χ3v) is 4.64. The zero-order valence-corrected chi connectivity index (χ0v) is 16.5. The molecular formula is C23H22ClNO3. The van der Waals surface area contributed by atoms with Crippen LogP contribution in [0.3, 0.4) is 0 Å². The Balaban J connectivity index is 2.20. The van der Waals surface area contributed by atoms with Crippen molar-refractivity contribution in [2.45, 2.75) is 25.5 Å². The monoisotopic (exact) mass is 395 g/mol. The normalized spacial score (nSPS) is 11.3. The maximum Gasteiger partial charge on any atom is 0.412 e. The summed E-state index contributed by atoms with van der Waals surface area (Å²) >= 11 is 6.37. The summed E-state index contributed by atoms with van der Waals surface area (Å²) in [6.07, 6.45) is -0.632. The number of hydrogen-bond acceptors (Lipinski definition) is 3. The number of nitrogens with one attached hydrogen (secondary N) is 1. The molecule has 3 rings (SSSR count). The van der Waals surface area contributed by atoms with Gasteiger partial charge in [0.25, 0.3) is 0 Å². The number of rotatable bonds is 5. The van der Waals surface area contributed by atoms with Crippen LogP contribution in [-0.2, 0) is 5.60 Å². The van der Waals surface area contributed by atoms with Gasteiger partial charge >= 0.3 is 6.09 Å². The van der Waals surface area contributed by atoms with Crippen molar-refractivity contribution >= 4 is 17.7 Å². The van der Waals surface area contributed by atoms with Gasteiger partial charge in [0.2, 0.25) is 0 Å². The van der Waals surface area contributed by atoms with Crippen molar-refractivity contribution < 1.29 is 14.6 Å². The maximum absolute atomic E-state index is 12.3. The van der Waals surface area contributed by atoms with Crippen molar-refractivity contribution in [2.24, 2.45) is 0 Å². The van der Waals surface area contributed by atoms with Gasteiger partial charge in [-0.1, -0.05) is 84.4 Å². The molecule has 3 aromatic carbocycles. The highest BCUT2D eigenvalue weighted by Gasteiger charge is 2.37. The Kier molecular flexibility index (Phi) is 6.02. The Morgan fingerprint density at radius 2 is 1.46 bits per heavy atom. The second-order valence-corrected chi connectivity index (χ2v) is 7.15. The van der Waals surface area contributed by atoms with Crippen LogP contribution in [0.4, 0.5) is 4.79 Å². The van der Waals surface area contributed by atoms with E-state index in [2.05, 4.69) is 5.32 Å². The first kappa shape index (κ1) is 19.9. The number of para-hydroxylation sites is 1. The predicted octanol–water partition coefficient (Wildman–Crippen LogP) is 5.12. The quantitative estimate of drug-likeness (QED) is 0.589. The van der Waals surface area contributed by atoms with Gasteiger partial charge in [-0.2, -0.15) is 0 Å². The smallest absolute Gasteiger partial charge is 0.408 e. The van der Waals surface area contributed by atoms with Gasteiger partial charge in [-0.3, -0.25) is 0 Å². The molecule has 0 aliphatic heterocycles. The molecular weight excluding hydrogens is 374 g/mol. The lowest BCUT2D eigenvalue weighted by Crippen LogP contribution is -2.34. The molecule has 5 heteroatoms. The highest BCUT2D eigenvalue weighted by molar-refractivity contribution is 6.32. The van der Waals surface area contributed by atoms with E-state index in [-0.39, 0.29) is 16.8 Å². The third-order valence-electron chi connectivity index (χ3n) is 4.34. The number of carbonyl (C=O) groups is 1. The highest BCUT2D eigenvalue weighted by atomic mass is 35.5. The molecule has 3 aromatic rings. The average molecular weight is 396 g/mol. The van der Waals surface area contributed by atoms with Crippen LogP contribution in [0.2, 0.25) is 5.02 Å². The SMILES string of the molecule is CC(C)NC(=O)Oc1c(Cl)cccc1C(O)(c1ccccc1)c1ccccc1.